The molecule has 0 atom stereocenters. The van der Waals surface area contributed by atoms with E-state index in [0.717, 1.165) is 0 Å². The summed E-state index contributed by atoms with van der Waals surface area (Å²) in [4.78, 5) is 25.7. The SMILES string of the molecule is O=C(CCCCl)NC1CCN(C(=O)c2c(F)cccc2Cl)CC1. The van der Waals surface area contributed by atoms with E-state index in [1.807, 2.05) is 0 Å². The van der Waals surface area contributed by atoms with E-state index in [1.54, 1.807) is 4.90 Å². The summed E-state index contributed by atoms with van der Waals surface area (Å²) >= 11 is 11.5. The number of nitrogens with one attached hydrogen (secondary N) is 1. The molecule has 1 aliphatic heterocycles. The second-order valence-corrected chi connectivity index (χ2v) is 6.31. The standard InChI is InChI=1S/C16H19Cl2FN2O2/c17-8-2-5-14(22)20-11-6-9-21(10-7-11)16(23)15-12(18)3-1-4-13(15)19/h1,3-4,11H,2,5-10H2,(H,20,22). The molecule has 1 heterocycles. The van der Waals surface area contributed by atoms with E-state index in [2.05, 4.69) is 5.32 Å². The van der Waals surface area contributed by atoms with Crippen LogP contribution in [0.25, 0.3) is 0 Å². The minimum atomic E-state index is -0.612. The topological polar surface area (TPSA) is 49.4 Å². The molecule has 4 nitrogen and oxygen atoms in total. The lowest BCUT2D eigenvalue weighted by Crippen LogP contribution is -2.46. The number of hydrogen-bond donors (Lipinski definition) is 1. The Kier molecular flexibility index (Phi) is 6.66. The van der Waals surface area contributed by atoms with E-state index >= 15 is 0 Å². The summed E-state index contributed by atoms with van der Waals surface area (Å²) in [6.07, 6.45) is 2.35. The number of benzene rings is 1. The van der Waals surface area contributed by atoms with Gasteiger partial charge in [-0.25, -0.2) is 4.39 Å². The Morgan fingerprint density at radius 1 is 1.30 bits per heavy atom. The number of piperidine rings is 1. The van der Waals surface area contributed by atoms with E-state index in [-0.39, 0.29) is 22.5 Å². The van der Waals surface area contributed by atoms with Gasteiger partial charge in [-0.15, -0.1) is 11.6 Å². The normalized spacial score (nSPS) is 15.5. The molecule has 126 valence electrons. The number of alkyl halides is 1. The number of carbonyl (C=O) groups is 2. The highest BCUT2D eigenvalue weighted by Crippen LogP contribution is 2.22. The Balaban J connectivity index is 1.89. The summed E-state index contributed by atoms with van der Waals surface area (Å²) in [7, 11) is 0. The zero-order chi connectivity index (χ0) is 16.8. The quantitative estimate of drug-likeness (QED) is 0.819. The Hall–Kier alpha value is -1.33. The van der Waals surface area contributed by atoms with Crippen molar-refractivity contribution in [2.24, 2.45) is 0 Å². The lowest BCUT2D eigenvalue weighted by Gasteiger charge is -2.32. The highest BCUT2D eigenvalue weighted by molar-refractivity contribution is 6.33. The van der Waals surface area contributed by atoms with Crippen LogP contribution in [0.2, 0.25) is 5.02 Å². The summed E-state index contributed by atoms with van der Waals surface area (Å²) in [5, 5.41) is 3.06. The van der Waals surface area contributed by atoms with Gasteiger partial charge in [0.05, 0.1) is 10.6 Å². The van der Waals surface area contributed by atoms with Gasteiger partial charge >= 0.3 is 0 Å². The molecule has 0 spiro atoms. The fourth-order valence-corrected chi connectivity index (χ4v) is 2.99. The number of amides is 2. The van der Waals surface area contributed by atoms with Gasteiger partial charge in [-0.05, 0) is 31.4 Å². The van der Waals surface area contributed by atoms with Gasteiger partial charge < -0.3 is 10.2 Å². The molecule has 23 heavy (non-hydrogen) atoms. The highest BCUT2D eigenvalue weighted by Gasteiger charge is 2.27. The first-order chi connectivity index (χ1) is 11.0. The second kappa shape index (κ2) is 8.50. The molecule has 0 saturated carbocycles. The lowest BCUT2D eigenvalue weighted by molar-refractivity contribution is -0.122. The number of hydrogen-bond acceptors (Lipinski definition) is 2. The van der Waals surface area contributed by atoms with Gasteiger partial charge in [-0.2, -0.15) is 0 Å². The van der Waals surface area contributed by atoms with Crippen molar-refractivity contribution in [3.63, 3.8) is 0 Å². The van der Waals surface area contributed by atoms with Crippen molar-refractivity contribution in [3.8, 4) is 0 Å². The van der Waals surface area contributed by atoms with Crippen LogP contribution in [-0.2, 0) is 4.79 Å². The third-order valence-electron chi connectivity index (χ3n) is 3.86. The van der Waals surface area contributed by atoms with Crippen LogP contribution >= 0.6 is 23.2 Å². The minimum absolute atomic E-state index is 0.0208. The summed E-state index contributed by atoms with van der Waals surface area (Å²) in [5.41, 5.74) is -0.0845. The number of carbonyl (C=O) groups excluding carboxylic acids is 2. The van der Waals surface area contributed by atoms with E-state index in [4.69, 9.17) is 23.2 Å². The molecule has 1 saturated heterocycles. The van der Waals surface area contributed by atoms with E-state index in [0.29, 0.717) is 44.7 Å². The monoisotopic (exact) mass is 360 g/mol. The number of rotatable bonds is 5. The zero-order valence-corrected chi connectivity index (χ0v) is 14.2. The van der Waals surface area contributed by atoms with Crippen LogP contribution < -0.4 is 5.32 Å². The lowest BCUT2D eigenvalue weighted by atomic mass is 10.0. The van der Waals surface area contributed by atoms with Gasteiger partial charge in [-0.3, -0.25) is 9.59 Å². The second-order valence-electron chi connectivity index (χ2n) is 5.52. The van der Waals surface area contributed by atoms with Crippen molar-refractivity contribution < 1.29 is 14.0 Å². The van der Waals surface area contributed by atoms with Crippen LogP contribution in [0.4, 0.5) is 4.39 Å². The first-order valence-electron chi connectivity index (χ1n) is 7.61. The molecular formula is C16H19Cl2FN2O2. The molecule has 0 unspecified atom stereocenters. The predicted molar refractivity (Wildman–Crippen MR) is 88.4 cm³/mol. The predicted octanol–water partition coefficient (Wildman–Crippen LogP) is 3.22. The third-order valence-corrected chi connectivity index (χ3v) is 4.44. The average molecular weight is 361 g/mol. The summed E-state index contributed by atoms with van der Waals surface area (Å²) < 4.78 is 13.8. The average Bonchev–Trinajstić information content (AvgIpc) is 2.53. The Bertz CT molecular complexity index is 555. The van der Waals surface area contributed by atoms with Gasteiger partial charge in [-0.1, -0.05) is 17.7 Å². The molecule has 2 rings (SSSR count). The van der Waals surface area contributed by atoms with Gasteiger partial charge in [0, 0.05) is 31.4 Å². The van der Waals surface area contributed by atoms with Crippen molar-refractivity contribution >= 4 is 35.0 Å². The first-order valence-corrected chi connectivity index (χ1v) is 8.52. The maximum atomic E-state index is 13.8. The third kappa shape index (κ3) is 4.82. The van der Waals surface area contributed by atoms with Crippen LogP contribution in [0.15, 0.2) is 18.2 Å². The Labute approximate surface area is 144 Å². The number of nitrogens with zero attached hydrogens (tertiary/aromatic N) is 1. The molecule has 0 aromatic heterocycles. The van der Waals surface area contributed by atoms with E-state index < -0.39 is 11.7 Å². The maximum Gasteiger partial charge on any atom is 0.258 e. The fourth-order valence-electron chi connectivity index (χ4n) is 2.61. The summed E-state index contributed by atoms with van der Waals surface area (Å²) in [6.45, 7) is 0.925. The zero-order valence-electron chi connectivity index (χ0n) is 12.7. The largest absolute Gasteiger partial charge is 0.353 e. The molecule has 0 bridgehead atoms. The molecular weight excluding hydrogens is 342 g/mol. The molecule has 1 aromatic rings. The molecule has 1 aromatic carbocycles. The fraction of sp³-hybridized carbons (Fsp3) is 0.500. The van der Waals surface area contributed by atoms with Gasteiger partial charge in [0.1, 0.15) is 5.82 Å². The van der Waals surface area contributed by atoms with Crippen LogP contribution in [-0.4, -0.2) is 41.7 Å². The molecule has 0 radical (unpaired) electrons. The van der Waals surface area contributed by atoms with Crippen LogP contribution in [0, 0.1) is 5.82 Å². The minimum Gasteiger partial charge on any atom is -0.353 e. The van der Waals surface area contributed by atoms with Crippen LogP contribution in [0.5, 0.6) is 0 Å². The van der Waals surface area contributed by atoms with Gasteiger partial charge in [0.2, 0.25) is 5.91 Å². The molecule has 0 aliphatic carbocycles. The summed E-state index contributed by atoms with van der Waals surface area (Å²) in [6, 6.07) is 4.24. The first kappa shape index (κ1) is 18.0. The highest BCUT2D eigenvalue weighted by atomic mass is 35.5. The summed E-state index contributed by atoms with van der Waals surface area (Å²) in [5.74, 6) is -0.573. The van der Waals surface area contributed by atoms with Crippen LogP contribution in [0.3, 0.4) is 0 Å². The molecule has 1 fully saturated rings. The van der Waals surface area contributed by atoms with Crippen molar-refractivity contribution in [1.29, 1.82) is 0 Å². The smallest absolute Gasteiger partial charge is 0.258 e. The Morgan fingerprint density at radius 3 is 2.61 bits per heavy atom. The van der Waals surface area contributed by atoms with Crippen molar-refractivity contribution in [2.75, 3.05) is 19.0 Å². The van der Waals surface area contributed by atoms with Crippen molar-refractivity contribution in [1.82, 2.24) is 10.2 Å². The molecule has 2 amide bonds. The van der Waals surface area contributed by atoms with Gasteiger partial charge in [0.25, 0.3) is 5.91 Å². The van der Waals surface area contributed by atoms with E-state index in [9.17, 15) is 14.0 Å². The van der Waals surface area contributed by atoms with Crippen LogP contribution in [0.1, 0.15) is 36.0 Å². The molecule has 1 N–H and O–H groups in total. The maximum absolute atomic E-state index is 13.8. The van der Waals surface area contributed by atoms with E-state index in [1.165, 1.54) is 18.2 Å². The van der Waals surface area contributed by atoms with Crippen molar-refractivity contribution in [2.45, 2.75) is 31.7 Å². The molecule has 1 aliphatic rings. The number of halogens is 3. The Morgan fingerprint density at radius 2 is 2.00 bits per heavy atom. The van der Waals surface area contributed by atoms with Gasteiger partial charge in [0.15, 0.2) is 0 Å². The number of likely N-dealkylation sites (tertiary alicyclic amines) is 1. The van der Waals surface area contributed by atoms with Crippen molar-refractivity contribution in [3.05, 3.63) is 34.6 Å². The molecule has 7 heteroatoms.